The number of methoxy groups -OCH3 is 1. The third-order valence-electron chi connectivity index (χ3n) is 6.29. The van der Waals surface area contributed by atoms with Gasteiger partial charge in [0.1, 0.15) is 24.8 Å². The van der Waals surface area contributed by atoms with Crippen LogP contribution in [-0.2, 0) is 9.53 Å². The van der Waals surface area contributed by atoms with Gasteiger partial charge < -0.3 is 14.8 Å². The van der Waals surface area contributed by atoms with Crippen LogP contribution < -0.4 is 10.1 Å². The molecule has 184 valence electrons. The van der Waals surface area contributed by atoms with Crippen molar-refractivity contribution in [2.24, 2.45) is 0 Å². The quantitative estimate of drug-likeness (QED) is 0.274. The highest BCUT2D eigenvalue weighted by molar-refractivity contribution is 5.92. The van der Waals surface area contributed by atoms with E-state index in [2.05, 4.69) is 15.3 Å². The van der Waals surface area contributed by atoms with Crippen molar-refractivity contribution in [3.63, 3.8) is 0 Å². The Morgan fingerprint density at radius 1 is 1.26 bits per heavy atom. The first-order valence-electron chi connectivity index (χ1n) is 11.7. The van der Waals surface area contributed by atoms with Crippen LogP contribution in [0.25, 0.3) is 10.9 Å². The zero-order valence-electron chi connectivity index (χ0n) is 19.8. The predicted molar refractivity (Wildman–Crippen MR) is 131 cm³/mol. The molecule has 10 nitrogen and oxygen atoms in total. The van der Waals surface area contributed by atoms with E-state index in [-0.39, 0.29) is 36.1 Å². The summed E-state index contributed by atoms with van der Waals surface area (Å²) in [6.45, 7) is 3.41. The second kappa shape index (κ2) is 11.1. The molecule has 1 aromatic heterocycles. The van der Waals surface area contributed by atoms with Gasteiger partial charge in [-0.25, -0.2) is 9.97 Å². The van der Waals surface area contributed by atoms with E-state index in [0.29, 0.717) is 23.3 Å². The van der Waals surface area contributed by atoms with E-state index in [0.717, 1.165) is 31.4 Å². The average Bonchev–Trinajstić information content (AvgIpc) is 2.88. The highest BCUT2D eigenvalue weighted by Gasteiger charge is 2.29. The topological polar surface area (TPSA) is 120 Å². The van der Waals surface area contributed by atoms with Crippen LogP contribution in [0.4, 0.5) is 11.5 Å². The maximum absolute atomic E-state index is 12.1. The van der Waals surface area contributed by atoms with Crippen LogP contribution in [0.2, 0.25) is 0 Å². The summed E-state index contributed by atoms with van der Waals surface area (Å²) in [6, 6.07) is 12.5. The van der Waals surface area contributed by atoms with Gasteiger partial charge in [-0.1, -0.05) is 36.8 Å². The largest absolute Gasteiger partial charge is 0.485 e. The Morgan fingerprint density at radius 3 is 2.80 bits per heavy atom. The number of carbonyl (C=O) groups excluding carboxylic acids is 1. The second-order valence-corrected chi connectivity index (χ2v) is 8.51. The molecule has 0 radical (unpaired) electrons. The SMILES string of the molecule is COC(=O)C1CCCCN1CCOc1cc2ncnc(N[C@H](C)c3ccccc3)c2cc1[N+](=O)[O-]. The minimum absolute atomic E-state index is 0.0587. The van der Waals surface area contributed by atoms with Crippen LogP contribution in [0.15, 0.2) is 48.8 Å². The number of nitrogens with zero attached hydrogens (tertiary/aromatic N) is 4. The zero-order chi connectivity index (χ0) is 24.8. The van der Waals surface area contributed by atoms with Gasteiger partial charge >= 0.3 is 11.7 Å². The Balaban J connectivity index is 1.53. The first-order valence-corrected chi connectivity index (χ1v) is 11.7. The lowest BCUT2D eigenvalue weighted by atomic mass is 10.0. The van der Waals surface area contributed by atoms with Crippen molar-refractivity contribution in [2.45, 2.75) is 38.3 Å². The lowest BCUT2D eigenvalue weighted by molar-refractivity contribution is -0.385. The highest BCUT2D eigenvalue weighted by atomic mass is 16.6. The molecule has 1 aliphatic heterocycles. The Bertz CT molecular complexity index is 1190. The Labute approximate surface area is 203 Å². The van der Waals surface area contributed by atoms with E-state index in [9.17, 15) is 14.9 Å². The van der Waals surface area contributed by atoms with Crippen molar-refractivity contribution in [1.82, 2.24) is 14.9 Å². The van der Waals surface area contributed by atoms with Crippen molar-refractivity contribution in [3.8, 4) is 5.75 Å². The molecule has 0 amide bonds. The lowest BCUT2D eigenvalue weighted by Gasteiger charge is -2.33. The maximum atomic E-state index is 12.1. The van der Waals surface area contributed by atoms with E-state index in [1.165, 1.54) is 19.5 Å². The standard InChI is InChI=1S/C25H29N5O5/c1-17(18-8-4-3-5-9-18)28-24-19-14-22(30(32)33)23(15-20(19)26-16-27-24)35-13-12-29-11-7-6-10-21(29)25(31)34-2/h3-5,8-9,14-17,21H,6-7,10-13H2,1-2H3,(H,26,27,28)/t17-,21?/m1/s1. The fraction of sp³-hybridized carbons (Fsp3) is 0.400. The van der Waals surface area contributed by atoms with Crippen LogP contribution in [0.3, 0.4) is 0 Å². The fourth-order valence-electron chi connectivity index (χ4n) is 4.41. The minimum Gasteiger partial charge on any atom is -0.485 e. The minimum atomic E-state index is -0.468. The number of nitro benzene ring substituents is 1. The zero-order valence-corrected chi connectivity index (χ0v) is 19.8. The van der Waals surface area contributed by atoms with E-state index in [4.69, 9.17) is 9.47 Å². The summed E-state index contributed by atoms with van der Waals surface area (Å²) >= 11 is 0. The summed E-state index contributed by atoms with van der Waals surface area (Å²) in [7, 11) is 1.38. The van der Waals surface area contributed by atoms with Crippen molar-refractivity contribution in [3.05, 3.63) is 64.5 Å². The molecule has 2 atom stereocenters. The number of rotatable bonds is 9. The first kappa shape index (κ1) is 24.3. The predicted octanol–water partition coefficient (Wildman–Crippen LogP) is 4.12. The summed E-state index contributed by atoms with van der Waals surface area (Å²) in [5, 5.41) is 15.7. The number of fused-ring (bicyclic) bond motifs is 1. The average molecular weight is 480 g/mol. The normalized spacial score (nSPS) is 17.0. The molecule has 35 heavy (non-hydrogen) atoms. The lowest BCUT2D eigenvalue weighted by Crippen LogP contribution is -2.46. The van der Waals surface area contributed by atoms with Crippen molar-refractivity contribution in [1.29, 1.82) is 0 Å². The van der Waals surface area contributed by atoms with Crippen LogP contribution in [0, 0.1) is 10.1 Å². The number of piperidine rings is 1. The van der Waals surface area contributed by atoms with Gasteiger partial charge in [0, 0.05) is 30.1 Å². The van der Waals surface area contributed by atoms with Crippen LogP contribution in [-0.4, -0.2) is 58.6 Å². The number of nitro groups is 1. The van der Waals surface area contributed by atoms with Crippen LogP contribution in [0.5, 0.6) is 5.75 Å². The molecule has 0 bridgehead atoms. The summed E-state index contributed by atoms with van der Waals surface area (Å²) in [4.78, 5) is 34.1. The molecule has 1 unspecified atom stereocenters. The fourth-order valence-corrected chi connectivity index (χ4v) is 4.41. The number of esters is 1. The van der Waals surface area contributed by atoms with E-state index in [1.54, 1.807) is 6.07 Å². The summed E-state index contributed by atoms with van der Waals surface area (Å²) < 4.78 is 10.8. The van der Waals surface area contributed by atoms with Gasteiger partial charge in [-0.05, 0) is 31.9 Å². The maximum Gasteiger partial charge on any atom is 0.323 e. The molecular weight excluding hydrogens is 450 g/mol. The van der Waals surface area contributed by atoms with Gasteiger partial charge in [0.2, 0.25) is 0 Å². The number of benzene rings is 2. The summed E-state index contributed by atoms with van der Waals surface area (Å²) in [5.74, 6) is 0.382. The van der Waals surface area contributed by atoms with Gasteiger partial charge in [-0.15, -0.1) is 0 Å². The number of aromatic nitrogens is 2. The van der Waals surface area contributed by atoms with E-state index < -0.39 is 4.92 Å². The van der Waals surface area contributed by atoms with Crippen LogP contribution >= 0.6 is 0 Å². The molecule has 3 aromatic rings. The molecule has 0 saturated carbocycles. The van der Waals surface area contributed by atoms with Crippen molar-refractivity contribution in [2.75, 3.05) is 32.1 Å². The van der Waals surface area contributed by atoms with Crippen molar-refractivity contribution >= 4 is 28.4 Å². The number of hydrogen-bond acceptors (Lipinski definition) is 9. The molecule has 2 aromatic carbocycles. The molecule has 10 heteroatoms. The molecule has 1 aliphatic rings. The third kappa shape index (κ3) is 5.65. The molecule has 1 saturated heterocycles. The number of anilines is 1. The number of likely N-dealkylation sites (tertiary alicyclic amines) is 1. The second-order valence-electron chi connectivity index (χ2n) is 8.51. The van der Waals surface area contributed by atoms with E-state index >= 15 is 0 Å². The highest BCUT2D eigenvalue weighted by Crippen LogP contribution is 2.34. The molecule has 2 heterocycles. The number of hydrogen-bond donors (Lipinski definition) is 1. The molecule has 0 aliphatic carbocycles. The Kier molecular flexibility index (Phi) is 7.71. The number of ether oxygens (including phenoxy) is 2. The summed E-state index contributed by atoms with van der Waals surface area (Å²) in [5.41, 5.74) is 1.44. The Hall–Kier alpha value is -3.79. The monoisotopic (exact) mass is 479 g/mol. The number of nitrogens with one attached hydrogen (secondary N) is 1. The Morgan fingerprint density at radius 2 is 2.06 bits per heavy atom. The molecule has 0 spiro atoms. The van der Waals surface area contributed by atoms with Gasteiger partial charge in [0.15, 0.2) is 5.75 Å². The van der Waals surface area contributed by atoms with E-state index in [1.807, 2.05) is 42.2 Å². The smallest absolute Gasteiger partial charge is 0.323 e. The number of carbonyl (C=O) groups is 1. The van der Waals surface area contributed by atoms with Gasteiger partial charge in [-0.2, -0.15) is 0 Å². The molecule has 1 fully saturated rings. The third-order valence-corrected chi connectivity index (χ3v) is 6.29. The summed E-state index contributed by atoms with van der Waals surface area (Å²) in [6.07, 6.45) is 4.10. The molecule has 4 rings (SSSR count). The first-order chi connectivity index (χ1) is 17.0. The molecular formula is C25H29N5O5. The molecule has 1 N–H and O–H groups in total. The van der Waals surface area contributed by atoms with Gasteiger partial charge in [0.05, 0.1) is 17.5 Å². The van der Waals surface area contributed by atoms with Crippen LogP contribution in [0.1, 0.15) is 37.8 Å². The van der Waals surface area contributed by atoms with Crippen molar-refractivity contribution < 1.29 is 19.2 Å². The van der Waals surface area contributed by atoms with Gasteiger partial charge in [0.25, 0.3) is 0 Å². The van der Waals surface area contributed by atoms with Gasteiger partial charge in [-0.3, -0.25) is 19.8 Å².